The van der Waals surface area contributed by atoms with Crippen LogP contribution in [0.25, 0.3) is 10.9 Å². The van der Waals surface area contributed by atoms with Gasteiger partial charge in [0, 0.05) is 23.0 Å². The van der Waals surface area contributed by atoms with Gasteiger partial charge in [0.25, 0.3) is 5.91 Å². The molecule has 0 aliphatic heterocycles. The topological polar surface area (TPSA) is 54.0 Å². The Labute approximate surface area is 178 Å². The number of pyridine rings is 1. The summed E-state index contributed by atoms with van der Waals surface area (Å²) >= 11 is 0. The second-order valence-electron chi connectivity index (χ2n) is 8.09. The summed E-state index contributed by atoms with van der Waals surface area (Å²) in [6.07, 6.45) is -1.25. The number of para-hydroxylation sites is 1. The first-order valence-electron chi connectivity index (χ1n) is 10.4. The molecule has 1 amide bonds. The minimum Gasteiger partial charge on any atom is -0.367 e. The van der Waals surface area contributed by atoms with Gasteiger partial charge in [-0.25, -0.2) is 4.98 Å². The van der Waals surface area contributed by atoms with E-state index in [1.54, 1.807) is 0 Å². The first-order chi connectivity index (χ1) is 14.8. The third kappa shape index (κ3) is 4.98. The lowest BCUT2D eigenvalue weighted by atomic mass is 9.91. The fourth-order valence-corrected chi connectivity index (χ4v) is 4.12. The van der Waals surface area contributed by atoms with Crippen molar-refractivity contribution in [2.45, 2.75) is 50.9 Å². The maximum atomic E-state index is 12.9. The summed E-state index contributed by atoms with van der Waals surface area (Å²) in [4.78, 5) is 17.1. The quantitative estimate of drug-likeness (QED) is 0.560. The predicted octanol–water partition coefficient (Wildman–Crippen LogP) is 5.72. The average molecular weight is 427 g/mol. The van der Waals surface area contributed by atoms with Gasteiger partial charge in [0.15, 0.2) is 0 Å². The number of halogens is 3. The summed E-state index contributed by atoms with van der Waals surface area (Å²) in [6, 6.07) is 14.8. The molecule has 1 heterocycles. The molecule has 0 radical (unpaired) electrons. The molecule has 1 saturated carbocycles. The lowest BCUT2D eigenvalue weighted by Crippen LogP contribution is -2.40. The minimum absolute atomic E-state index is 0.0333. The summed E-state index contributed by atoms with van der Waals surface area (Å²) in [5, 5.41) is 7.51. The largest absolute Gasteiger partial charge is 0.416 e. The summed E-state index contributed by atoms with van der Waals surface area (Å²) < 4.78 is 38.6. The fourth-order valence-electron chi connectivity index (χ4n) is 4.12. The molecule has 31 heavy (non-hydrogen) atoms. The molecule has 162 valence electrons. The highest BCUT2D eigenvalue weighted by atomic mass is 19.4. The number of rotatable bonds is 4. The van der Waals surface area contributed by atoms with Gasteiger partial charge in [-0.05, 0) is 68.5 Å². The van der Waals surface area contributed by atoms with E-state index in [-0.39, 0.29) is 17.6 Å². The molecule has 1 aliphatic carbocycles. The van der Waals surface area contributed by atoms with Gasteiger partial charge in [0.2, 0.25) is 0 Å². The Hall–Kier alpha value is -3.09. The van der Waals surface area contributed by atoms with E-state index in [0.29, 0.717) is 0 Å². The Balaban J connectivity index is 1.33. The Morgan fingerprint density at radius 1 is 0.968 bits per heavy atom. The first kappa shape index (κ1) is 21.2. The molecule has 2 N–H and O–H groups in total. The van der Waals surface area contributed by atoms with Crippen molar-refractivity contribution in [2.75, 3.05) is 5.32 Å². The van der Waals surface area contributed by atoms with Gasteiger partial charge in [-0.1, -0.05) is 24.3 Å². The van der Waals surface area contributed by atoms with E-state index in [1.165, 1.54) is 12.1 Å². The zero-order valence-corrected chi connectivity index (χ0v) is 17.2. The maximum absolute atomic E-state index is 12.9. The van der Waals surface area contributed by atoms with Crippen LogP contribution in [0.3, 0.4) is 0 Å². The number of aromatic nitrogens is 1. The van der Waals surface area contributed by atoms with Gasteiger partial charge in [-0.2, -0.15) is 13.2 Å². The van der Waals surface area contributed by atoms with Gasteiger partial charge in [-0.15, -0.1) is 0 Å². The van der Waals surface area contributed by atoms with E-state index in [2.05, 4.69) is 23.6 Å². The van der Waals surface area contributed by atoms with Crippen molar-refractivity contribution < 1.29 is 18.0 Å². The average Bonchev–Trinajstić information content (AvgIpc) is 2.75. The monoisotopic (exact) mass is 427 g/mol. The lowest BCUT2D eigenvalue weighted by molar-refractivity contribution is -0.137. The van der Waals surface area contributed by atoms with Crippen molar-refractivity contribution in [3.63, 3.8) is 0 Å². The molecule has 1 aliphatic rings. The van der Waals surface area contributed by atoms with Crippen LogP contribution in [0.2, 0.25) is 0 Å². The Morgan fingerprint density at radius 2 is 1.68 bits per heavy atom. The van der Waals surface area contributed by atoms with E-state index in [1.807, 2.05) is 24.3 Å². The van der Waals surface area contributed by atoms with E-state index < -0.39 is 17.6 Å². The molecule has 4 nitrogen and oxygen atoms in total. The van der Waals surface area contributed by atoms with Crippen molar-refractivity contribution in [1.82, 2.24) is 10.3 Å². The number of benzene rings is 2. The fraction of sp³-hybridized carbons (Fsp3) is 0.333. The van der Waals surface area contributed by atoms with Crippen LogP contribution in [0, 0.1) is 6.92 Å². The van der Waals surface area contributed by atoms with Gasteiger partial charge in [-0.3, -0.25) is 4.79 Å². The second-order valence-corrected chi connectivity index (χ2v) is 8.09. The molecule has 2 aromatic carbocycles. The maximum Gasteiger partial charge on any atom is 0.416 e. The van der Waals surface area contributed by atoms with Crippen LogP contribution < -0.4 is 10.6 Å². The third-order valence-electron chi connectivity index (χ3n) is 5.79. The van der Waals surface area contributed by atoms with Gasteiger partial charge in [0.05, 0.1) is 11.1 Å². The van der Waals surface area contributed by atoms with E-state index >= 15 is 0 Å². The van der Waals surface area contributed by atoms with Crippen LogP contribution in [0.1, 0.15) is 47.2 Å². The zero-order chi connectivity index (χ0) is 22.0. The minimum atomic E-state index is -4.46. The molecule has 7 heteroatoms. The molecular formula is C24H24F3N3O. The Bertz CT molecular complexity index is 1090. The Morgan fingerprint density at radius 3 is 2.42 bits per heavy atom. The molecule has 0 atom stereocenters. The standard InChI is InChI=1S/C24H24F3N3O/c1-15-13-22(30-21-8-3-2-7-20(15)21)28-18-9-11-19(12-10-18)29-23(31)16-5-4-6-17(14-16)24(25,26)27/h2-8,13-14,18-19H,9-12H2,1H3,(H,28,30)(H,29,31). The van der Waals surface area contributed by atoms with Gasteiger partial charge < -0.3 is 10.6 Å². The van der Waals surface area contributed by atoms with Crippen molar-refractivity contribution in [3.8, 4) is 0 Å². The van der Waals surface area contributed by atoms with Crippen LogP contribution in [0.5, 0.6) is 0 Å². The molecule has 0 spiro atoms. The van der Waals surface area contributed by atoms with Crippen molar-refractivity contribution in [3.05, 3.63) is 71.3 Å². The number of hydrogen-bond acceptors (Lipinski definition) is 3. The number of alkyl halides is 3. The van der Waals surface area contributed by atoms with Crippen LogP contribution in [0.4, 0.5) is 19.0 Å². The molecule has 1 fully saturated rings. The number of aryl methyl sites for hydroxylation is 1. The summed E-state index contributed by atoms with van der Waals surface area (Å²) in [6.45, 7) is 2.06. The van der Waals surface area contributed by atoms with Crippen LogP contribution in [-0.2, 0) is 6.18 Å². The molecule has 4 rings (SSSR count). The van der Waals surface area contributed by atoms with Crippen LogP contribution in [0.15, 0.2) is 54.6 Å². The van der Waals surface area contributed by atoms with E-state index in [0.717, 1.165) is 60.1 Å². The number of anilines is 1. The third-order valence-corrected chi connectivity index (χ3v) is 5.79. The number of carbonyl (C=O) groups excluding carboxylic acids is 1. The van der Waals surface area contributed by atoms with Crippen LogP contribution >= 0.6 is 0 Å². The predicted molar refractivity (Wildman–Crippen MR) is 115 cm³/mol. The number of nitrogens with one attached hydrogen (secondary N) is 2. The number of fused-ring (bicyclic) bond motifs is 1. The molecular weight excluding hydrogens is 403 g/mol. The molecule has 3 aromatic rings. The smallest absolute Gasteiger partial charge is 0.367 e. The number of carbonyl (C=O) groups is 1. The van der Waals surface area contributed by atoms with E-state index in [9.17, 15) is 18.0 Å². The highest BCUT2D eigenvalue weighted by Crippen LogP contribution is 2.30. The number of hydrogen-bond donors (Lipinski definition) is 2. The second kappa shape index (κ2) is 8.57. The van der Waals surface area contributed by atoms with Crippen LogP contribution in [-0.4, -0.2) is 23.0 Å². The highest BCUT2D eigenvalue weighted by Gasteiger charge is 2.31. The van der Waals surface area contributed by atoms with Crippen molar-refractivity contribution >= 4 is 22.6 Å². The van der Waals surface area contributed by atoms with Crippen molar-refractivity contribution in [1.29, 1.82) is 0 Å². The molecule has 1 aromatic heterocycles. The molecule has 0 bridgehead atoms. The summed E-state index contributed by atoms with van der Waals surface area (Å²) in [7, 11) is 0. The van der Waals surface area contributed by atoms with Gasteiger partial charge >= 0.3 is 6.18 Å². The first-order valence-corrected chi connectivity index (χ1v) is 10.4. The SMILES string of the molecule is Cc1cc(NC2CCC(NC(=O)c3cccc(C(F)(F)F)c3)CC2)nc2ccccc12. The Kier molecular flexibility index (Phi) is 5.85. The van der Waals surface area contributed by atoms with Crippen molar-refractivity contribution in [2.24, 2.45) is 0 Å². The van der Waals surface area contributed by atoms with Gasteiger partial charge in [0.1, 0.15) is 5.82 Å². The molecule has 0 unspecified atom stereocenters. The zero-order valence-electron chi connectivity index (χ0n) is 17.2. The number of nitrogens with zero attached hydrogens (tertiary/aromatic N) is 1. The molecule has 0 saturated heterocycles. The summed E-state index contributed by atoms with van der Waals surface area (Å²) in [5.74, 6) is 0.377. The lowest BCUT2D eigenvalue weighted by Gasteiger charge is -2.30. The van der Waals surface area contributed by atoms with E-state index in [4.69, 9.17) is 4.98 Å². The number of amides is 1. The highest BCUT2D eigenvalue weighted by molar-refractivity contribution is 5.94. The normalized spacial score (nSPS) is 19.2. The summed E-state index contributed by atoms with van der Waals surface area (Å²) in [5.41, 5.74) is 1.33.